The van der Waals surface area contributed by atoms with Crippen molar-refractivity contribution in [3.05, 3.63) is 94.2 Å². The molecule has 0 unspecified atom stereocenters. The number of para-hydroxylation sites is 1. The number of hydrogen-bond donors (Lipinski definition) is 1. The van der Waals surface area contributed by atoms with Crippen LogP contribution in [0.2, 0.25) is 0 Å². The summed E-state index contributed by atoms with van der Waals surface area (Å²) in [6.07, 6.45) is 4.28. The largest absolute Gasteiger partial charge is 0.784 e. The van der Waals surface area contributed by atoms with Gasteiger partial charge in [-0.15, -0.1) is 0 Å². The molecular formula is C37H45N2O4-. The van der Waals surface area contributed by atoms with E-state index in [0.717, 1.165) is 66.5 Å². The summed E-state index contributed by atoms with van der Waals surface area (Å²) >= 11 is 0. The molecule has 0 radical (unpaired) electrons. The summed E-state index contributed by atoms with van der Waals surface area (Å²) in [4.78, 5) is 14.0. The number of carbonyl (C=O) groups is 1. The third-order valence-corrected chi connectivity index (χ3v) is 8.68. The Morgan fingerprint density at radius 1 is 0.953 bits per heavy atom. The molecule has 1 saturated heterocycles. The number of fused-ring (bicyclic) bond motifs is 1. The molecule has 1 aliphatic heterocycles. The van der Waals surface area contributed by atoms with Crippen molar-refractivity contribution in [2.75, 3.05) is 13.2 Å². The number of benzene rings is 3. The molecule has 1 aliphatic rings. The van der Waals surface area contributed by atoms with Gasteiger partial charge >= 0.3 is 0 Å². The Labute approximate surface area is 256 Å². The molecular weight excluding hydrogens is 536 g/mol. The van der Waals surface area contributed by atoms with Gasteiger partial charge < -0.3 is 24.7 Å². The lowest BCUT2D eigenvalue weighted by molar-refractivity contribution is 0.00152. The minimum atomic E-state index is -0.375. The highest BCUT2D eigenvalue weighted by Gasteiger charge is 2.39. The van der Waals surface area contributed by atoms with Gasteiger partial charge in [-0.25, -0.2) is 0 Å². The van der Waals surface area contributed by atoms with Crippen molar-refractivity contribution < 1.29 is 13.9 Å². The average Bonchev–Trinajstić information content (AvgIpc) is 3.38. The van der Waals surface area contributed by atoms with Gasteiger partial charge in [0.05, 0.1) is 12.2 Å². The van der Waals surface area contributed by atoms with E-state index in [0.29, 0.717) is 35.1 Å². The van der Waals surface area contributed by atoms with E-state index in [1.54, 1.807) is 0 Å². The van der Waals surface area contributed by atoms with Crippen molar-refractivity contribution in [1.82, 2.24) is 10.4 Å². The quantitative estimate of drug-likeness (QED) is 0.142. The van der Waals surface area contributed by atoms with E-state index in [1.165, 1.54) is 5.06 Å². The number of nitrogens with zero attached hydrogens (tertiary/aromatic N) is 1. The van der Waals surface area contributed by atoms with E-state index < -0.39 is 0 Å². The van der Waals surface area contributed by atoms with Crippen molar-refractivity contribution in [2.24, 2.45) is 0 Å². The first-order valence-electron chi connectivity index (χ1n) is 15.7. The van der Waals surface area contributed by atoms with E-state index in [2.05, 4.69) is 25.2 Å². The Bertz CT molecular complexity index is 1530. The molecule has 1 aromatic heterocycles. The van der Waals surface area contributed by atoms with Gasteiger partial charge in [0.15, 0.2) is 5.78 Å². The molecule has 6 heteroatoms. The number of furan rings is 1. The zero-order valence-corrected chi connectivity index (χ0v) is 26.5. The van der Waals surface area contributed by atoms with Crippen LogP contribution in [0.5, 0.6) is 5.75 Å². The lowest BCUT2D eigenvalue weighted by atomic mass is 9.79. The van der Waals surface area contributed by atoms with Crippen molar-refractivity contribution in [1.29, 1.82) is 0 Å². The monoisotopic (exact) mass is 581 g/mol. The topological polar surface area (TPSA) is 77.8 Å². The first-order valence-corrected chi connectivity index (χ1v) is 15.7. The molecule has 0 saturated carbocycles. The van der Waals surface area contributed by atoms with E-state index in [1.807, 2.05) is 88.4 Å². The Kier molecular flexibility index (Phi) is 9.12. The van der Waals surface area contributed by atoms with Crippen molar-refractivity contribution in [3.63, 3.8) is 0 Å². The zero-order valence-electron chi connectivity index (χ0n) is 26.5. The maximum Gasteiger partial charge on any atom is 0.197 e. The zero-order chi connectivity index (χ0) is 30.8. The Morgan fingerprint density at radius 3 is 2.21 bits per heavy atom. The second-order valence-corrected chi connectivity index (χ2v) is 13.1. The van der Waals surface area contributed by atoms with Crippen molar-refractivity contribution in [2.45, 2.75) is 90.8 Å². The molecule has 6 nitrogen and oxygen atoms in total. The molecule has 228 valence electrons. The highest BCUT2D eigenvalue weighted by Crippen LogP contribution is 2.38. The summed E-state index contributed by atoms with van der Waals surface area (Å²) in [5.41, 5.74) is 4.40. The highest BCUT2D eigenvalue weighted by molar-refractivity contribution is 6.19. The number of piperidine rings is 1. The fraction of sp³-hybridized carbons (Fsp3) is 0.432. The van der Waals surface area contributed by atoms with Gasteiger partial charge in [0.1, 0.15) is 17.1 Å². The van der Waals surface area contributed by atoms with Gasteiger partial charge in [-0.05, 0) is 120 Å². The summed E-state index contributed by atoms with van der Waals surface area (Å²) in [5.74, 6) is 1.33. The van der Waals surface area contributed by atoms with Gasteiger partial charge in [-0.3, -0.25) is 4.79 Å². The lowest BCUT2D eigenvalue weighted by Gasteiger charge is -2.60. The third kappa shape index (κ3) is 6.72. The second kappa shape index (κ2) is 12.7. The van der Waals surface area contributed by atoms with Crippen molar-refractivity contribution in [3.8, 4) is 17.1 Å². The number of ether oxygens (including phenoxy) is 1. The maximum absolute atomic E-state index is 14.0. The third-order valence-electron chi connectivity index (χ3n) is 8.68. The number of hydroxylamine groups is 2. The summed E-state index contributed by atoms with van der Waals surface area (Å²) < 4.78 is 12.3. The number of nitrogens with one attached hydrogen (secondary N) is 1. The molecule has 0 aliphatic carbocycles. The van der Waals surface area contributed by atoms with E-state index in [9.17, 15) is 10.0 Å². The number of hydrogen-bond acceptors (Lipinski definition) is 6. The summed E-state index contributed by atoms with van der Waals surface area (Å²) in [6.45, 7) is 13.7. The minimum Gasteiger partial charge on any atom is -0.784 e. The minimum absolute atomic E-state index is 0.0227. The average molecular weight is 582 g/mol. The SMILES string of the molecule is CCc1cc(CC)cc(C(=O)c2c(-c3ccc(OCCCNC4CC(C)(C)N([O-])C(C)(C)C4)cc3)oc3ccccc23)c1. The van der Waals surface area contributed by atoms with E-state index >= 15 is 0 Å². The molecule has 4 aromatic rings. The van der Waals surface area contributed by atoms with E-state index in [-0.39, 0.29) is 16.9 Å². The fourth-order valence-corrected chi connectivity index (χ4v) is 6.60. The molecule has 0 bridgehead atoms. The van der Waals surface area contributed by atoms with E-state index in [4.69, 9.17) is 9.15 Å². The standard InChI is InChI=1S/C37H45N2O4/c1-7-25-20-26(8-2)22-28(21-25)34(40)33-31-12-9-10-13-32(31)43-35(33)27-14-16-30(17-15-27)42-19-11-18-38-29-23-36(3,4)39(41)37(5,6)24-29/h9-10,12-17,20-22,29,38H,7-8,11,18-19,23-24H2,1-6H3/q-1. The highest BCUT2D eigenvalue weighted by atomic mass is 16.5. The molecule has 5 rings (SSSR count). The van der Waals surface area contributed by atoms with Gasteiger partial charge in [0, 0.05) is 33.6 Å². The Balaban J connectivity index is 1.26. The summed E-state index contributed by atoms with van der Waals surface area (Å²) in [5, 5.41) is 18.3. The van der Waals surface area contributed by atoms with Crippen molar-refractivity contribution >= 4 is 16.8 Å². The van der Waals surface area contributed by atoms with Crippen LogP contribution in [-0.2, 0) is 12.8 Å². The van der Waals surface area contributed by atoms with Crippen LogP contribution < -0.4 is 10.1 Å². The lowest BCUT2D eigenvalue weighted by Crippen LogP contribution is -2.61. The number of rotatable bonds is 11. The maximum atomic E-state index is 14.0. The Morgan fingerprint density at radius 2 is 1.58 bits per heavy atom. The predicted molar refractivity (Wildman–Crippen MR) is 175 cm³/mol. The van der Waals surface area contributed by atoms with Gasteiger partial charge in [0.25, 0.3) is 0 Å². The van der Waals surface area contributed by atoms with Crippen LogP contribution in [0.1, 0.15) is 87.9 Å². The second-order valence-electron chi connectivity index (χ2n) is 13.1. The molecule has 43 heavy (non-hydrogen) atoms. The van der Waals surface area contributed by atoms with Crippen LogP contribution in [-0.4, -0.2) is 41.1 Å². The molecule has 1 fully saturated rings. The Hall–Kier alpha value is -3.45. The number of aryl methyl sites for hydroxylation is 2. The normalized spacial score (nSPS) is 16.9. The smallest absolute Gasteiger partial charge is 0.197 e. The van der Waals surface area contributed by atoms with Crippen LogP contribution in [0.15, 0.2) is 71.1 Å². The molecule has 3 aromatic carbocycles. The molecule has 0 amide bonds. The van der Waals surface area contributed by atoms with Gasteiger partial charge in [-0.2, -0.15) is 0 Å². The molecule has 1 N–H and O–H groups in total. The number of carbonyl (C=O) groups excluding carboxylic acids is 1. The van der Waals surface area contributed by atoms with Crippen LogP contribution >= 0.6 is 0 Å². The van der Waals surface area contributed by atoms with Crippen LogP contribution in [0.25, 0.3) is 22.3 Å². The van der Waals surface area contributed by atoms with Gasteiger partial charge in [0.2, 0.25) is 0 Å². The fourth-order valence-electron chi connectivity index (χ4n) is 6.60. The predicted octanol–water partition coefficient (Wildman–Crippen LogP) is 8.33. The summed E-state index contributed by atoms with van der Waals surface area (Å²) in [6, 6.07) is 22.0. The number of ketones is 1. The molecule has 0 atom stereocenters. The first-order chi connectivity index (χ1) is 20.5. The van der Waals surface area contributed by atoms with Crippen LogP contribution in [0.3, 0.4) is 0 Å². The van der Waals surface area contributed by atoms with Crippen LogP contribution in [0.4, 0.5) is 0 Å². The van der Waals surface area contributed by atoms with Gasteiger partial charge in [-0.1, -0.05) is 38.1 Å². The van der Waals surface area contributed by atoms with Crippen LogP contribution in [0, 0.1) is 5.21 Å². The summed E-state index contributed by atoms with van der Waals surface area (Å²) in [7, 11) is 0. The first kappa shape index (κ1) is 31.0. The molecule has 0 spiro atoms. The molecule has 2 heterocycles.